The second-order valence-electron chi connectivity index (χ2n) is 24.9. The second kappa shape index (κ2) is 41.7. The van der Waals surface area contributed by atoms with Crippen LogP contribution in [0, 0.1) is 18.7 Å². The number of benzene rings is 2. The number of amides is 8. The summed E-state index contributed by atoms with van der Waals surface area (Å²) < 4.78 is 77.2. The fourth-order valence-electron chi connectivity index (χ4n) is 11.6. The maximum atomic E-state index is 15.5. The molecule has 7 rings (SSSR count). The van der Waals surface area contributed by atoms with Gasteiger partial charge in [-0.05, 0) is 91.8 Å². The molecule has 562 valence electrons. The summed E-state index contributed by atoms with van der Waals surface area (Å²) in [5.41, 5.74) is 7.34. The number of nitrogens with one attached hydrogen (secondary N) is 6. The summed E-state index contributed by atoms with van der Waals surface area (Å²) in [7, 11) is 1.36. The summed E-state index contributed by atoms with van der Waals surface area (Å²) in [6.45, 7) is 15.0. The number of halogens is 1. The molecule has 0 bridgehead atoms. The van der Waals surface area contributed by atoms with Gasteiger partial charge in [0.1, 0.15) is 31.1 Å². The van der Waals surface area contributed by atoms with Crippen LogP contribution in [-0.4, -0.2) is 225 Å². The smallest absolute Gasteiger partial charge is 0.407 e. The number of esters is 1. The molecule has 0 fully saturated rings. The number of anilines is 1. The summed E-state index contributed by atoms with van der Waals surface area (Å²) in [6, 6.07) is 5.59. The van der Waals surface area contributed by atoms with E-state index in [-0.39, 0.29) is 82.9 Å². The SMILES string of the molecule is CCCOCCOCCOCCOCCOCCOCCOCCOCCOCCC(=O)N[C@H](C(=O)N[C@@H](CCCNC(N)=O)C(=O)NCC(=O)N(C)CC(=O)Nc1ccc(COC(=O)N[C@H]2CCc3c(C)c(F)cc4nc5c(c2c34)Cn2c-5cc3c(c2=O)COC(=O)[C@]3(O)CC)cc1)C(C)C. The number of hydrogen-bond donors (Lipinski definition) is 8. The Kier molecular flexibility index (Phi) is 33.1. The first-order chi connectivity index (χ1) is 49.1. The molecule has 1 aliphatic carbocycles. The summed E-state index contributed by atoms with van der Waals surface area (Å²) in [5.74, 6) is -4.85. The average Bonchev–Trinajstić information content (AvgIpc) is 1.49. The van der Waals surface area contributed by atoms with Crippen molar-refractivity contribution in [2.45, 2.75) is 123 Å². The van der Waals surface area contributed by atoms with E-state index in [4.69, 9.17) is 62.8 Å². The van der Waals surface area contributed by atoms with Crippen LogP contribution in [0.1, 0.15) is 111 Å². The number of ether oxygens (including phenoxy) is 11. The third-order valence-corrected chi connectivity index (χ3v) is 17.2. The molecule has 8 amide bonds. The van der Waals surface area contributed by atoms with Gasteiger partial charge in [-0.3, -0.25) is 28.8 Å². The number of hydrogen-bond acceptors (Lipinski definition) is 22. The molecule has 31 nitrogen and oxygen atoms in total. The van der Waals surface area contributed by atoms with Gasteiger partial charge in [0.15, 0.2) is 5.60 Å². The van der Waals surface area contributed by atoms with Gasteiger partial charge in [-0.2, -0.15) is 0 Å². The molecule has 4 atom stereocenters. The van der Waals surface area contributed by atoms with Crippen molar-refractivity contribution in [1.82, 2.24) is 41.0 Å². The van der Waals surface area contributed by atoms with E-state index in [0.29, 0.717) is 156 Å². The van der Waals surface area contributed by atoms with Crippen molar-refractivity contribution >= 4 is 64.2 Å². The van der Waals surface area contributed by atoms with Crippen LogP contribution >= 0.6 is 0 Å². The van der Waals surface area contributed by atoms with E-state index < -0.39 is 102 Å². The van der Waals surface area contributed by atoms with Crippen molar-refractivity contribution < 1.29 is 100.0 Å². The zero-order valence-corrected chi connectivity index (χ0v) is 59.1. The fraction of sp³-hybridized carbons (Fsp3) is 0.600. The van der Waals surface area contributed by atoms with E-state index in [0.717, 1.165) is 23.5 Å². The molecular formula is C70H99FN10O21. The first kappa shape index (κ1) is 81.0. The van der Waals surface area contributed by atoms with Crippen LogP contribution in [0.3, 0.4) is 0 Å². The minimum atomic E-state index is -2.05. The van der Waals surface area contributed by atoms with Gasteiger partial charge in [0.05, 0.1) is 160 Å². The van der Waals surface area contributed by atoms with E-state index in [2.05, 4.69) is 38.8 Å². The number of urea groups is 1. The molecule has 0 spiro atoms. The maximum absolute atomic E-state index is 15.5. The van der Waals surface area contributed by atoms with Crippen molar-refractivity contribution in [1.29, 1.82) is 0 Å². The molecule has 2 aliphatic heterocycles. The minimum absolute atomic E-state index is 0.00744. The standard InChI is InChI=1S/C70H99FN10O21/c1-7-19-92-21-23-94-25-27-96-29-31-98-33-35-100-36-34-99-32-30-97-28-26-95-24-22-93-20-17-57(82)79-62(44(3)4)65(86)77-54(10-9-18-73-68(72)89)64(85)74-39-59(84)80(6)41-58(83)75-47-13-11-46(12-14-47)42-102-69(90)78-53-16-15-48-45(5)52(71)38-55-60(48)61(53)49-40-81-56(63(49)76-55)37-51-50(66(81)87)43-101-67(88)70(51,91)8-2/h11-14,37-38,44,53-54,62,91H,7-10,15-36,39-43H2,1-6H3,(H,74,85)(H,75,83)(H,77,86)(H,78,90)(H,79,82)(H3,72,73,89)/t53-,54-,62-,70-/m0/s1. The second-order valence-corrected chi connectivity index (χ2v) is 24.9. The Bertz CT molecular complexity index is 3540. The molecule has 3 aliphatic rings. The monoisotopic (exact) mass is 1430 g/mol. The number of cyclic esters (lactones) is 1. The van der Waals surface area contributed by atoms with Gasteiger partial charge in [-0.25, -0.2) is 23.8 Å². The number of aryl methyl sites for hydroxylation is 1. The van der Waals surface area contributed by atoms with Gasteiger partial charge >= 0.3 is 18.1 Å². The molecule has 0 radical (unpaired) electrons. The first-order valence-electron chi connectivity index (χ1n) is 34.6. The number of nitrogens with two attached hydrogens (primary N) is 1. The Morgan fingerprint density at radius 3 is 1.89 bits per heavy atom. The molecule has 2 aromatic carbocycles. The van der Waals surface area contributed by atoms with Gasteiger partial charge in [0.2, 0.25) is 29.5 Å². The number of aromatic nitrogens is 2. The van der Waals surface area contributed by atoms with E-state index in [9.17, 15) is 48.3 Å². The quantitative estimate of drug-likeness (QED) is 0.0205. The topological polar surface area (TPSA) is 395 Å². The van der Waals surface area contributed by atoms with Crippen molar-refractivity contribution in [3.05, 3.63) is 91.5 Å². The highest BCUT2D eigenvalue weighted by atomic mass is 19.1. The van der Waals surface area contributed by atoms with E-state index in [1.165, 1.54) is 17.7 Å². The van der Waals surface area contributed by atoms with Crippen LogP contribution in [0.5, 0.6) is 0 Å². The zero-order chi connectivity index (χ0) is 73.6. The molecule has 32 heteroatoms. The third-order valence-electron chi connectivity index (χ3n) is 17.2. The lowest BCUT2D eigenvalue weighted by Gasteiger charge is -2.31. The molecular weight excluding hydrogens is 1340 g/mol. The molecule has 4 heterocycles. The van der Waals surface area contributed by atoms with Gasteiger partial charge in [0.25, 0.3) is 5.56 Å². The van der Waals surface area contributed by atoms with E-state index >= 15 is 4.39 Å². The third kappa shape index (κ3) is 23.9. The summed E-state index contributed by atoms with van der Waals surface area (Å²) in [6.07, 6.45) is 1.07. The average molecular weight is 1440 g/mol. The Morgan fingerprint density at radius 1 is 0.755 bits per heavy atom. The van der Waals surface area contributed by atoms with E-state index in [1.54, 1.807) is 58.0 Å². The van der Waals surface area contributed by atoms with Crippen LogP contribution in [-0.2, 0) is 113 Å². The number of fused-ring (bicyclic) bond motifs is 5. The van der Waals surface area contributed by atoms with Crippen molar-refractivity contribution in [3.63, 3.8) is 0 Å². The number of alkyl carbamates (subject to hydrolysis) is 1. The predicted molar refractivity (Wildman–Crippen MR) is 367 cm³/mol. The van der Waals surface area contributed by atoms with Crippen LogP contribution in [0.4, 0.5) is 19.7 Å². The van der Waals surface area contributed by atoms with Crippen molar-refractivity contribution in [2.75, 3.05) is 151 Å². The summed E-state index contributed by atoms with van der Waals surface area (Å²) in [5, 5.41) is 28.1. The number of carbonyl (C=O) groups excluding carboxylic acids is 8. The summed E-state index contributed by atoms with van der Waals surface area (Å²) >= 11 is 0. The number of rotatable bonds is 47. The van der Waals surface area contributed by atoms with Crippen molar-refractivity contribution in [3.8, 4) is 11.4 Å². The molecule has 0 saturated heterocycles. The number of pyridine rings is 2. The normalized spacial score (nSPS) is 15.5. The van der Waals surface area contributed by atoms with Gasteiger partial charge < -0.3 is 104 Å². The molecule has 0 unspecified atom stereocenters. The molecule has 0 saturated carbocycles. The minimum Gasteiger partial charge on any atom is -0.458 e. The lowest BCUT2D eigenvalue weighted by atomic mass is 9.81. The number of primary amides is 1. The number of nitrogens with zero attached hydrogens (tertiary/aromatic N) is 3. The predicted octanol–water partition coefficient (Wildman–Crippen LogP) is 2.98. The van der Waals surface area contributed by atoms with Crippen LogP contribution in [0.25, 0.3) is 22.3 Å². The zero-order valence-electron chi connectivity index (χ0n) is 59.1. The molecule has 9 N–H and O–H groups in total. The highest BCUT2D eigenvalue weighted by molar-refractivity contribution is 5.97. The summed E-state index contributed by atoms with van der Waals surface area (Å²) in [4.78, 5) is 124. The lowest BCUT2D eigenvalue weighted by Crippen LogP contribution is -2.56. The highest BCUT2D eigenvalue weighted by Gasteiger charge is 2.46. The highest BCUT2D eigenvalue weighted by Crippen LogP contribution is 2.46. The number of aliphatic hydroxyl groups is 1. The lowest BCUT2D eigenvalue weighted by molar-refractivity contribution is -0.172. The van der Waals surface area contributed by atoms with Crippen LogP contribution in [0.2, 0.25) is 0 Å². The fourth-order valence-corrected chi connectivity index (χ4v) is 11.6. The maximum Gasteiger partial charge on any atom is 0.407 e. The largest absolute Gasteiger partial charge is 0.458 e. The first-order valence-corrected chi connectivity index (χ1v) is 34.6. The van der Waals surface area contributed by atoms with Crippen LogP contribution in [0.15, 0.2) is 41.2 Å². The number of carbonyl (C=O) groups is 8. The van der Waals surface area contributed by atoms with E-state index in [1.807, 2.05) is 0 Å². The van der Waals surface area contributed by atoms with Gasteiger partial charge in [-0.1, -0.05) is 39.8 Å². The van der Waals surface area contributed by atoms with Gasteiger partial charge in [0, 0.05) is 54.9 Å². The van der Waals surface area contributed by atoms with Gasteiger partial charge in [-0.15, -0.1) is 0 Å². The Morgan fingerprint density at radius 2 is 1.33 bits per heavy atom. The Balaban J connectivity index is 0.768. The van der Waals surface area contributed by atoms with Crippen molar-refractivity contribution in [2.24, 2.45) is 11.7 Å². The Labute approximate surface area is 591 Å². The van der Waals surface area contributed by atoms with Crippen LogP contribution < -0.4 is 43.2 Å². The molecule has 102 heavy (non-hydrogen) atoms. The Hall–Kier alpha value is -8.31. The number of likely N-dealkylation sites (N-methyl/N-ethyl adjacent to an activating group) is 1. The molecule has 2 aromatic heterocycles. The molecule has 4 aromatic rings.